The number of allylic oxidation sites excluding steroid dienone is 1. The number of ketones is 1. The third-order valence-corrected chi connectivity index (χ3v) is 8.96. The van der Waals surface area contributed by atoms with Crippen molar-refractivity contribution >= 4 is 21.5 Å². The van der Waals surface area contributed by atoms with Gasteiger partial charge in [0.2, 0.25) is 10.0 Å². The van der Waals surface area contributed by atoms with Gasteiger partial charge in [-0.2, -0.15) is 4.31 Å². The second-order valence-electron chi connectivity index (χ2n) is 9.77. The summed E-state index contributed by atoms with van der Waals surface area (Å²) >= 11 is 0. The molecule has 0 bridgehead atoms. The van der Waals surface area contributed by atoms with Crippen LogP contribution >= 0.6 is 0 Å². The van der Waals surface area contributed by atoms with E-state index in [4.69, 9.17) is 0 Å². The van der Waals surface area contributed by atoms with Crippen molar-refractivity contribution in [1.82, 2.24) is 9.21 Å². The summed E-state index contributed by atoms with van der Waals surface area (Å²) in [4.78, 5) is 17.4. The van der Waals surface area contributed by atoms with Crippen molar-refractivity contribution in [2.45, 2.75) is 43.9 Å². The van der Waals surface area contributed by atoms with Crippen LogP contribution in [0.2, 0.25) is 0 Å². The molecular weight excluding hydrogens is 446 g/mol. The van der Waals surface area contributed by atoms with E-state index in [9.17, 15) is 13.2 Å². The summed E-state index contributed by atoms with van der Waals surface area (Å²) < 4.78 is 27.6. The molecule has 2 aromatic rings. The second-order valence-corrected chi connectivity index (χ2v) is 11.7. The normalized spacial score (nSPS) is 20.0. The first-order valence-electron chi connectivity index (χ1n) is 12.0. The van der Waals surface area contributed by atoms with Crippen LogP contribution < -0.4 is 4.90 Å². The number of hydrogen-bond acceptors (Lipinski definition) is 5. The Balaban J connectivity index is 1.37. The molecule has 0 radical (unpaired) electrons. The van der Waals surface area contributed by atoms with E-state index < -0.39 is 10.0 Å². The number of rotatable bonds is 7. The van der Waals surface area contributed by atoms with Gasteiger partial charge in [-0.3, -0.25) is 9.69 Å². The van der Waals surface area contributed by atoms with Gasteiger partial charge in [0.15, 0.2) is 5.78 Å². The van der Waals surface area contributed by atoms with Crippen LogP contribution in [0, 0.1) is 0 Å². The predicted molar refractivity (Wildman–Crippen MR) is 137 cm³/mol. The quantitative estimate of drug-likeness (QED) is 0.563. The zero-order valence-corrected chi connectivity index (χ0v) is 21.4. The van der Waals surface area contributed by atoms with Crippen molar-refractivity contribution in [2.24, 2.45) is 0 Å². The van der Waals surface area contributed by atoms with Crippen LogP contribution in [0.3, 0.4) is 0 Å². The van der Waals surface area contributed by atoms with Crippen LogP contribution in [-0.2, 0) is 26.7 Å². The lowest BCUT2D eigenvalue weighted by atomic mass is 9.83. The zero-order chi connectivity index (χ0) is 24.5. The van der Waals surface area contributed by atoms with Crippen molar-refractivity contribution in [2.75, 3.05) is 44.7 Å². The number of para-hydroxylation sites is 1. The Bertz CT molecular complexity index is 1180. The first-order valence-corrected chi connectivity index (χ1v) is 13.5. The van der Waals surface area contributed by atoms with Crippen molar-refractivity contribution < 1.29 is 13.2 Å². The van der Waals surface area contributed by atoms with Crippen LogP contribution in [0.1, 0.15) is 38.3 Å². The summed E-state index contributed by atoms with van der Waals surface area (Å²) in [5, 5.41) is 0. The summed E-state index contributed by atoms with van der Waals surface area (Å²) in [5.41, 5.74) is 4.26. The largest absolute Gasteiger partial charge is 0.347 e. The fraction of sp³-hybridized carbons (Fsp3) is 0.444. The molecule has 4 rings (SSSR count). The highest BCUT2D eigenvalue weighted by Gasteiger charge is 2.38. The van der Waals surface area contributed by atoms with E-state index in [-0.39, 0.29) is 11.2 Å². The van der Waals surface area contributed by atoms with Crippen LogP contribution in [0.25, 0.3) is 0 Å². The number of sulfonamides is 1. The van der Waals surface area contributed by atoms with Gasteiger partial charge >= 0.3 is 0 Å². The standard InChI is InChI=1S/C27H35N3O3S/c1-5-8-21-11-13-23(14-12-21)34(32,33)30-17-15-29(16-18-30)20-22(31)19-26-27(2,3)24-9-6-7-10-25(24)28(26)4/h6-7,9-14,19H,5,8,15-18,20H2,1-4H3/b26-19+. The van der Waals surface area contributed by atoms with Crippen molar-refractivity contribution in [3.63, 3.8) is 0 Å². The highest BCUT2D eigenvalue weighted by Crippen LogP contribution is 2.46. The molecule has 34 heavy (non-hydrogen) atoms. The number of likely N-dealkylation sites (N-methyl/N-ethyl adjacent to an activating group) is 1. The lowest BCUT2D eigenvalue weighted by molar-refractivity contribution is -0.116. The molecule has 0 aromatic heterocycles. The van der Waals surface area contributed by atoms with Gasteiger partial charge in [-0.25, -0.2) is 8.42 Å². The third-order valence-electron chi connectivity index (χ3n) is 7.05. The Morgan fingerprint density at radius 1 is 1.00 bits per heavy atom. The Labute approximate surface area is 203 Å². The van der Waals surface area contributed by atoms with Crippen molar-refractivity contribution in [3.05, 3.63) is 71.4 Å². The Kier molecular flexibility index (Phi) is 6.99. The number of carbonyl (C=O) groups is 1. The van der Waals surface area contributed by atoms with Gasteiger partial charge in [0, 0.05) is 56.1 Å². The van der Waals surface area contributed by atoms with Gasteiger partial charge in [-0.1, -0.05) is 57.5 Å². The molecule has 1 saturated heterocycles. The summed E-state index contributed by atoms with van der Waals surface area (Å²) in [5.74, 6) is 0.0468. The van der Waals surface area contributed by atoms with Gasteiger partial charge < -0.3 is 4.90 Å². The Morgan fingerprint density at radius 2 is 1.65 bits per heavy atom. The lowest BCUT2D eigenvalue weighted by Crippen LogP contribution is -2.49. The molecule has 0 aliphatic carbocycles. The molecule has 0 unspecified atom stereocenters. The van der Waals surface area contributed by atoms with E-state index in [1.807, 2.05) is 36.2 Å². The van der Waals surface area contributed by atoms with E-state index >= 15 is 0 Å². The minimum atomic E-state index is -3.51. The lowest BCUT2D eigenvalue weighted by Gasteiger charge is -2.33. The fourth-order valence-electron chi connectivity index (χ4n) is 5.07. The van der Waals surface area contributed by atoms with E-state index in [0.29, 0.717) is 37.6 Å². The van der Waals surface area contributed by atoms with Crippen LogP contribution in [-0.4, -0.2) is 63.2 Å². The molecule has 2 aromatic carbocycles. The van der Waals surface area contributed by atoms with E-state index in [2.05, 4.69) is 37.8 Å². The third kappa shape index (κ3) is 4.69. The van der Waals surface area contributed by atoms with E-state index in [1.165, 1.54) is 9.87 Å². The van der Waals surface area contributed by atoms with Crippen LogP contribution in [0.4, 0.5) is 5.69 Å². The Morgan fingerprint density at radius 3 is 2.26 bits per heavy atom. The molecule has 1 fully saturated rings. The predicted octanol–water partition coefficient (Wildman–Crippen LogP) is 3.83. The average Bonchev–Trinajstić information content (AvgIpc) is 3.01. The van der Waals surface area contributed by atoms with Crippen molar-refractivity contribution in [1.29, 1.82) is 0 Å². The number of aryl methyl sites for hydroxylation is 1. The van der Waals surface area contributed by atoms with Gasteiger partial charge in [0.1, 0.15) is 0 Å². The maximum absolute atomic E-state index is 13.1. The number of piperazine rings is 1. The second kappa shape index (κ2) is 9.64. The highest BCUT2D eigenvalue weighted by molar-refractivity contribution is 7.89. The number of anilines is 1. The molecular formula is C27H35N3O3S. The maximum atomic E-state index is 13.1. The minimum Gasteiger partial charge on any atom is -0.347 e. The molecule has 0 spiro atoms. The number of nitrogens with zero attached hydrogens (tertiary/aromatic N) is 3. The topological polar surface area (TPSA) is 60.9 Å². The Hall–Kier alpha value is -2.48. The number of carbonyl (C=O) groups excluding carboxylic acids is 1. The minimum absolute atomic E-state index is 0.0468. The van der Waals surface area contributed by atoms with Gasteiger partial charge in [-0.15, -0.1) is 0 Å². The van der Waals surface area contributed by atoms with Gasteiger partial charge in [-0.05, 0) is 35.7 Å². The monoisotopic (exact) mass is 481 g/mol. The van der Waals surface area contributed by atoms with E-state index in [1.54, 1.807) is 18.2 Å². The first kappa shape index (κ1) is 24.6. The van der Waals surface area contributed by atoms with Crippen LogP contribution in [0.5, 0.6) is 0 Å². The first-order chi connectivity index (χ1) is 16.1. The average molecular weight is 482 g/mol. The van der Waals surface area contributed by atoms with Crippen molar-refractivity contribution in [3.8, 4) is 0 Å². The van der Waals surface area contributed by atoms with E-state index in [0.717, 1.165) is 29.8 Å². The van der Waals surface area contributed by atoms with Crippen LogP contribution in [0.15, 0.2) is 65.2 Å². The number of fused-ring (bicyclic) bond motifs is 1. The SMILES string of the molecule is CCCc1ccc(S(=O)(=O)N2CCN(CC(=O)/C=C3/N(C)c4ccccc4C3(C)C)CC2)cc1. The molecule has 0 N–H and O–H groups in total. The number of hydrogen-bond donors (Lipinski definition) is 0. The fourth-order valence-corrected chi connectivity index (χ4v) is 6.49. The van der Waals surface area contributed by atoms with Gasteiger partial charge in [0.05, 0.1) is 11.4 Å². The summed E-state index contributed by atoms with van der Waals surface area (Å²) in [6.45, 7) is 8.56. The molecule has 0 saturated carbocycles. The van der Waals surface area contributed by atoms with Gasteiger partial charge in [0.25, 0.3) is 0 Å². The highest BCUT2D eigenvalue weighted by atomic mass is 32.2. The molecule has 182 valence electrons. The maximum Gasteiger partial charge on any atom is 0.243 e. The smallest absolute Gasteiger partial charge is 0.243 e. The molecule has 2 aliphatic rings. The molecule has 7 heteroatoms. The number of benzene rings is 2. The molecule has 2 aliphatic heterocycles. The summed E-state index contributed by atoms with van der Waals surface area (Å²) in [6, 6.07) is 15.5. The zero-order valence-electron chi connectivity index (χ0n) is 20.6. The molecule has 6 nitrogen and oxygen atoms in total. The molecule has 2 heterocycles. The molecule has 0 atom stereocenters. The summed E-state index contributed by atoms with van der Waals surface area (Å²) in [6.07, 6.45) is 3.74. The summed E-state index contributed by atoms with van der Waals surface area (Å²) in [7, 11) is -1.51. The molecule has 0 amide bonds.